The summed E-state index contributed by atoms with van der Waals surface area (Å²) in [7, 11) is 0. The van der Waals surface area contributed by atoms with Gasteiger partial charge in [0.1, 0.15) is 11.3 Å². The van der Waals surface area contributed by atoms with E-state index in [0.29, 0.717) is 28.7 Å². The summed E-state index contributed by atoms with van der Waals surface area (Å²) in [6.07, 6.45) is 3.16. The fraction of sp³-hybridized carbons (Fsp3) is 0.200. The highest BCUT2D eigenvalue weighted by atomic mass is 16.5. The molecular formula is C20H19NO3. The number of esters is 1. The van der Waals surface area contributed by atoms with Gasteiger partial charge < -0.3 is 9.15 Å². The van der Waals surface area contributed by atoms with Crippen molar-refractivity contribution < 1.29 is 13.9 Å². The van der Waals surface area contributed by atoms with Crippen LogP contribution >= 0.6 is 0 Å². The van der Waals surface area contributed by atoms with Gasteiger partial charge in [-0.1, -0.05) is 38.1 Å². The second kappa shape index (κ2) is 6.71. The van der Waals surface area contributed by atoms with Gasteiger partial charge >= 0.3 is 5.97 Å². The lowest BCUT2D eigenvalue weighted by atomic mass is 10.0. The van der Waals surface area contributed by atoms with Gasteiger partial charge in [-0.05, 0) is 35.3 Å². The first-order valence-corrected chi connectivity index (χ1v) is 7.88. The van der Waals surface area contributed by atoms with Crippen LogP contribution in [0.1, 0.15) is 36.8 Å². The lowest BCUT2D eigenvalue weighted by Gasteiger charge is -2.04. The summed E-state index contributed by atoms with van der Waals surface area (Å²) >= 11 is 0. The number of hydrogen-bond donors (Lipinski definition) is 0. The predicted molar refractivity (Wildman–Crippen MR) is 93.9 cm³/mol. The van der Waals surface area contributed by atoms with E-state index in [9.17, 15) is 4.79 Å². The number of ether oxygens (including phenoxy) is 1. The van der Waals surface area contributed by atoms with Crippen LogP contribution in [-0.4, -0.2) is 11.0 Å². The van der Waals surface area contributed by atoms with Crippen molar-refractivity contribution in [2.45, 2.75) is 26.7 Å². The molecule has 0 amide bonds. The maximum absolute atomic E-state index is 11.9. The molecule has 0 atom stereocenters. The van der Waals surface area contributed by atoms with Crippen LogP contribution in [-0.2, 0) is 4.79 Å². The van der Waals surface area contributed by atoms with E-state index in [2.05, 4.69) is 31.0 Å². The first-order valence-electron chi connectivity index (χ1n) is 7.88. The minimum atomic E-state index is -0.428. The summed E-state index contributed by atoms with van der Waals surface area (Å²) in [5, 5.41) is 0. The number of benzene rings is 2. The number of oxazole rings is 1. The summed E-state index contributed by atoms with van der Waals surface area (Å²) in [6, 6.07) is 13.2. The number of aryl methyl sites for hydroxylation is 1. The number of hydrogen-bond acceptors (Lipinski definition) is 4. The van der Waals surface area contributed by atoms with Crippen LogP contribution in [0.4, 0.5) is 0 Å². The molecule has 0 N–H and O–H groups in total. The number of carbonyl (C=O) groups is 1. The third kappa shape index (κ3) is 3.71. The van der Waals surface area contributed by atoms with E-state index < -0.39 is 5.97 Å². The van der Waals surface area contributed by atoms with Crippen LogP contribution in [0, 0.1) is 6.92 Å². The van der Waals surface area contributed by atoms with Gasteiger partial charge in [0, 0.05) is 19.1 Å². The smallest absolute Gasteiger partial charge is 0.336 e. The number of aromatic nitrogens is 1. The van der Waals surface area contributed by atoms with Gasteiger partial charge in [0.05, 0.1) is 0 Å². The van der Waals surface area contributed by atoms with E-state index >= 15 is 0 Å². The van der Waals surface area contributed by atoms with Gasteiger partial charge in [-0.15, -0.1) is 0 Å². The number of nitrogens with zero attached hydrogens (tertiary/aromatic N) is 1. The van der Waals surface area contributed by atoms with Crippen molar-refractivity contribution in [1.29, 1.82) is 0 Å². The van der Waals surface area contributed by atoms with E-state index in [4.69, 9.17) is 9.15 Å². The van der Waals surface area contributed by atoms with Crippen molar-refractivity contribution in [2.75, 3.05) is 0 Å². The van der Waals surface area contributed by atoms with Crippen molar-refractivity contribution in [3.8, 4) is 5.75 Å². The van der Waals surface area contributed by atoms with Crippen LogP contribution in [0.5, 0.6) is 5.75 Å². The lowest BCUT2D eigenvalue weighted by molar-refractivity contribution is -0.128. The summed E-state index contributed by atoms with van der Waals surface area (Å²) in [5.74, 6) is 1.09. The molecule has 0 spiro atoms. The molecule has 0 aliphatic carbocycles. The van der Waals surface area contributed by atoms with Crippen molar-refractivity contribution >= 4 is 23.1 Å². The molecule has 0 bridgehead atoms. The molecule has 1 heterocycles. The zero-order chi connectivity index (χ0) is 17.1. The number of carbonyl (C=O) groups excluding carboxylic acids is 1. The van der Waals surface area contributed by atoms with Crippen LogP contribution in [0.25, 0.3) is 17.2 Å². The fourth-order valence-electron chi connectivity index (χ4n) is 2.39. The maximum atomic E-state index is 11.9. The molecule has 122 valence electrons. The molecule has 3 aromatic rings. The van der Waals surface area contributed by atoms with E-state index in [-0.39, 0.29) is 0 Å². The average Bonchev–Trinajstić information content (AvgIpc) is 2.92. The van der Waals surface area contributed by atoms with Crippen LogP contribution < -0.4 is 4.74 Å². The van der Waals surface area contributed by atoms with Crippen molar-refractivity contribution in [3.63, 3.8) is 0 Å². The van der Waals surface area contributed by atoms with Crippen molar-refractivity contribution in [3.05, 3.63) is 65.6 Å². The molecule has 0 unspecified atom stereocenters. The van der Waals surface area contributed by atoms with E-state index in [1.165, 1.54) is 11.6 Å². The van der Waals surface area contributed by atoms with Crippen LogP contribution in [0.3, 0.4) is 0 Å². The Balaban J connectivity index is 1.67. The zero-order valence-electron chi connectivity index (χ0n) is 13.9. The van der Waals surface area contributed by atoms with E-state index in [1.807, 2.05) is 12.1 Å². The molecule has 0 fully saturated rings. The van der Waals surface area contributed by atoms with Gasteiger partial charge in [0.15, 0.2) is 11.5 Å². The summed E-state index contributed by atoms with van der Waals surface area (Å²) in [4.78, 5) is 16.2. The third-order valence-electron chi connectivity index (χ3n) is 3.70. The molecule has 3 rings (SSSR count). The largest absolute Gasteiger partial charge is 0.441 e. The molecular weight excluding hydrogens is 302 g/mol. The Bertz CT molecular complexity index is 889. The highest BCUT2D eigenvalue weighted by Gasteiger charge is 2.06. The number of rotatable bonds is 4. The monoisotopic (exact) mass is 321 g/mol. The van der Waals surface area contributed by atoms with Gasteiger partial charge in [-0.2, -0.15) is 0 Å². The third-order valence-corrected chi connectivity index (χ3v) is 3.70. The van der Waals surface area contributed by atoms with Gasteiger partial charge in [-0.25, -0.2) is 9.78 Å². The Morgan fingerprint density at radius 1 is 1.17 bits per heavy atom. The molecule has 24 heavy (non-hydrogen) atoms. The van der Waals surface area contributed by atoms with Gasteiger partial charge in [-0.3, -0.25) is 0 Å². The fourth-order valence-corrected chi connectivity index (χ4v) is 2.39. The average molecular weight is 321 g/mol. The Kier molecular flexibility index (Phi) is 4.47. The summed E-state index contributed by atoms with van der Waals surface area (Å²) < 4.78 is 10.7. The molecule has 0 aliphatic heterocycles. The molecule has 0 aliphatic rings. The highest BCUT2D eigenvalue weighted by Crippen LogP contribution is 2.21. The lowest BCUT2D eigenvalue weighted by Crippen LogP contribution is -2.03. The molecule has 0 saturated carbocycles. The quantitative estimate of drug-likeness (QED) is 0.390. The predicted octanol–water partition coefficient (Wildman–Crippen LogP) is 4.88. The van der Waals surface area contributed by atoms with Gasteiger partial charge in [0.2, 0.25) is 0 Å². The topological polar surface area (TPSA) is 52.3 Å². The first kappa shape index (κ1) is 16.0. The Morgan fingerprint density at radius 3 is 2.62 bits per heavy atom. The number of fused-ring (bicyclic) bond motifs is 1. The van der Waals surface area contributed by atoms with Crippen molar-refractivity contribution in [2.24, 2.45) is 0 Å². The van der Waals surface area contributed by atoms with E-state index in [0.717, 1.165) is 5.56 Å². The molecule has 4 heteroatoms. The normalized spacial score (nSPS) is 11.5. The van der Waals surface area contributed by atoms with Crippen LogP contribution in [0.15, 0.2) is 53.0 Å². The second-order valence-electron chi connectivity index (χ2n) is 5.94. The highest BCUT2D eigenvalue weighted by molar-refractivity contribution is 5.89. The maximum Gasteiger partial charge on any atom is 0.336 e. The minimum absolute atomic E-state index is 0.428. The molecule has 0 radical (unpaired) electrons. The SMILES string of the molecule is Cc1nc2cc(OC(=O)/C=C/c3ccc(C(C)C)cc3)ccc2o1. The standard InChI is InChI=1S/C20H19NO3/c1-13(2)16-7-4-15(5-8-16)6-11-20(22)24-17-9-10-19-18(12-17)21-14(3)23-19/h4-13H,1-3H3/b11-6+. The molecule has 2 aromatic carbocycles. The van der Waals surface area contributed by atoms with Crippen molar-refractivity contribution in [1.82, 2.24) is 4.98 Å². The Morgan fingerprint density at radius 2 is 1.92 bits per heavy atom. The Labute approximate surface area is 140 Å². The zero-order valence-corrected chi connectivity index (χ0v) is 13.9. The first-order chi connectivity index (χ1) is 11.5. The Hall–Kier alpha value is -2.88. The molecule has 1 aromatic heterocycles. The molecule has 0 saturated heterocycles. The minimum Gasteiger partial charge on any atom is -0.441 e. The van der Waals surface area contributed by atoms with Gasteiger partial charge in [0.25, 0.3) is 0 Å². The van der Waals surface area contributed by atoms with E-state index in [1.54, 1.807) is 31.2 Å². The summed E-state index contributed by atoms with van der Waals surface area (Å²) in [6.45, 7) is 6.07. The second-order valence-corrected chi connectivity index (χ2v) is 5.94. The van der Waals surface area contributed by atoms with Crippen LogP contribution in [0.2, 0.25) is 0 Å². The summed E-state index contributed by atoms with van der Waals surface area (Å²) in [5.41, 5.74) is 3.57. The molecule has 4 nitrogen and oxygen atoms in total.